The molecule has 0 aliphatic carbocycles. The van der Waals surface area contributed by atoms with Crippen LogP contribution in [0.2, 0.25) is 5.02 Å². The molecule has 5 nitrogen and oxygen atoms in total. The first-order valence-corrected chi connectivity index (χ1v) is 6.81. The monoisotopic (exact) mass is 319 g/mol. The van der Waals surface area contributed by atoms with E-state index in [0.29, 0.717) is 6.04 Å². The second-order valence-corrected chi connectivity index (χ2v) is 5.27. The lowest BCUT2D eigenvalue weighted by atomic mass is 10.1. The summed E-state index contributed by atoms with van der Waals surface area (Å²) in [7, 11) is 1.95. The molecule has 0 saturated carbocycles. The van der Waals surface area contributed by atoms with Crippen LogP contribution in [-0.2, 0) is 6.54 Å². The highest BCUT2D eigenvalue weighted by atomic mass is 35.5. The van der Waals surface area contributed by atoms with E-state index in [2.05, 4.69) is 10.2 Å². The Labute approximate surface area is 129 Å². The number of halogens is 2. The van der Waals surface area contributed by atoms with Gasteiger partial charge in [-0.05, 0) is 38.1 Å². The Morgan fingerprint density at radius 1 is 1.55 bits per heavy atom. The third kappa shape index (κ3) is 4.06. The Morgan fingerprint density at radius 2 is 2.30 bits per heavy atom. The predicted octanol–water partition coefficient (Wildman–Crippen LogP) is 2.85. The Kier molecular flexibility index (Phi) is 6.68. The second kappa shape index (κ2) is 7.78. The molecule has 1 saturated heterocycles. The number of nitro benzene ring substituents is 1. The van der Waals surface area contributed by atoms with Gasteiger partial charge in [-0.2, -0.15) is 0 Å². The third-order valence-corrected chi connectivity index (χ3v) is 3.85. The van der Waals surface area contributed by atoms with E-state index in [4.69, 9.17) is 11.6 Å². The molecule has 0 radical (unpaired) electrons. The van der Waals surface area contributed by atoms with E-state index in [1.165, 1.54) is 12.8 Å². The Morgan fingerprint density at radius 3 is 2.95 bits per heavy atom. The SMILES string of the molecule is CNCC1CCCN1Cc1ccc(Cl)c([N+](=O)[O-])c1.Cl. The molecule has 1 aromatic carbocycles. The van der Waals surface area contributed by atoms with Gasteiger partial charge in [-0.3, -0.25) is 15.0 Å². The summed E-state index contributed by atoms with van der Waals surface area (Å²) in [5.41, 5.74) is 0.933. The number of nitrogens with zero attached hydrogens (tertiary/aromatic N) is 2. The number of likely N-dealkylation sites (N-methyl/N-ethyl adjacent to an activating group) is 1. The smallest absolute Gasteiger partial charge is 0.288 e. The number of benzene rings is 1. The minimum Gasteiger partial charge on any atom is -0.318 e. The number of nitro groups is 1. The fraction of sp³-hybridized carbons (Fsp3) is 0.538. The predicted molar refractivity (Wildman–Crippen MR) is 82.7 cm³/mol. The summed E-state index contributed by atoms with van der Waals surface area (Å²) >= 11 is 5.82. The van der Waals surface area contributed by atoms with E-state index in [1.807, 2.05) is 13.1 Å². The molecule has 0 amide bonds. The summed E-state index contributed by atoms with van der Waals surface area (Å²) in [5.74, 6) is 0. The van der Waals surface area contributed by atoms with Crippen molar-refractivity contribution in [2.45, 2.75) is 25.4 Å². The molecule has 1 fully saturated rings. The Balaban J connectivity index is 0.00000200. The molecule has 112 valence electrons. The van der Waals surface area contributed by atoms with Gasteiger partial charge in [0.1, 0.15) is 5.02 Å². The molecular formula is C13H19Cl2N3O2. The summed E-state index contributed by atoms with van der Waals surface area (Å²) in [6.45, 7) is 2.74. The number of hydrogen-bond acceptors (Lipinski definition) is 4. The summed E-state index contributed by atoms with van der Waals surface area (Å²) < 4.78 is 0. The summed E-state index contributed by atoms with van der Waals surface area (Å²) in [6.07, 6.45) is 2.36. The molecule has 1 atom stereocenters. The van der Waals surface area contributed by atoms with Crippen molar-refractivity contribution in [3.8, 4) is 0 Å². The van der Waals surface area contributed by atoms with Crippen molar-refractivity contribution in [3.63, 3.8) is 0 Å². The zero-order valence-electron chi connectivity index (χ0n) is 11.3. The van der Waals surface area contributed by atoms with Crippen LogP contribution in [0.5, 0.6) is 0 Å². The minimum atomic E-state index is -0.430. The number of rotatable bonds is 5. The van der Waals surface area contributed by atoms with E-state index in [-0.39, 0.29) is 23.1 Å². The van der Waals surface area contributed by atoms with Gasteiger partial charge in [0.2, 0.25) is 0 Å². The highest BCUT2D eigenvalue weighted by Crippen LogP contribution is 2.27. The highest BCUT2D eigenvalue weighted by Gasteiger charge is 2.24. The molecule has 0 bridgehead atoms. The standard InChI is InChI=1S/C13H18ClN3O2.ClH/c1-15-8-11-3-2-6-16(11)9-10-4-5-12(14)13(7-10)17(18)19;/h4-5,7,11,15H,2-3,6,8-9H2,1H3;1H. The fourth-order valence-corrected chi connectivity index (χ4v) is 2.79. The molecular weight excluding hydrogens is 301 g/mol. The average molecular weight is 320 g/mol. The number of likely N-dealkylation sites (tertiary alicyclic amines) is 1. The Hall–Kier alpha value is -0.880. The molecule has 20 heavy (non-hydrogen) atoms. The molecule has 1 aromatic rings. The molecule has 1 unspecified atom stereocenters. The van der Waals surface area contributed by atoms with E-state index in [9.17, 15) is 10.1 Å². The van der Waals surface area contributed by atoms with Gasteiger partial charge in [0, 0.05) is 25.2 Å². The largest absolute Gasteiger partial charge is 0.318 e. The Bertz CT molecular complexity index is 471. The van der Waals surface area contributed by atoms with Gasteiger partial charge in [-0.1, -0.05) is 17.7 Å². The first-order valence-electron chi connectivity index (χ1n) is 6.43. The topological polar surface area (TPSA) is 58.4 Å². The van der Waals surface area contributed by atoms with Crippen LogP contribution in [-0.4, -0.2) is 36.0 Å². The van der Waals surface area contributed by atoms with Crippen molar-refractivity contribution in [2.75, 3.05) is 20.1 Å². The van der Waals surface area contributed by atoms with Crippen molar-refractivity contribution in [1.82, 2.24) is 10.2 Å². The second-order valence-electron chi connectivity index (χ2n) is 4.87. The van der Waals surface area contributed by atoms with Crippen LogP contribution in [0, 0.1) is 10.1 Å². The maximum absolute atomic E-state index is 10.9. The van der Waals surface area contributed by atoms with Crippen molar-refractivity contribution in [1.29, 1.82) is 0 Å². The van der Waals surface area contributed by atoms with Gasteiger partial charge < -0.3 is 5.32 Å². The van der Waals surface area contributed by atoms with Crippen molar-refractivity contribution in [3.05, 3.63) is 38.9 Å². The molecule has 0 spiro atoms. The summed E-state index contributed by atoms with van der Waals surface area (Å²) in [4.78, 5) is 12.8. The molecule has 1 heterocycles. The van der Waals surface area contributed by atoms with Crippen molar-refractivity contribution in [2.24, 2.45) is 0 Å². The lowest BCUT2D eigenvalue weighted by Crippen LogP contribution is -2.36. The van der Waals surface area contributed by atoms with Crippen molar-refractivity contribution >= 4 is 29.7 Å². The zero-order valence-corrected chi connectivity index (χ0v) is 12.9. The normalized spacial score (nSPS) is 18.8. The third-order valence-electron chi connectivity index (χ3n) is 3.53. The summed E-state index contributed by atoms with van der Waals surface area (Å²) in [5, 5.41) is 14.3. The summed E-state index contributed by atoms with van der Waals surface area (Å²) in [6, 6.07) is 5.57. The van der Waals surface area contributed by atoms with Crippen LogP contribution in [0.3, 0.4) is 0 Å². The number of nitrogens with one attached hydrogen (secondary N) is 1. The molecule has 1 aliphatic heterocycles. The van der Waals surface area contributed by atoms with E-state index in [1.54, 1.807) is 12.1 Å². The first kappa shape index (κ1) is 17.2. The highest BCUT2D eigenvalue weighted by molar-refractivity contribution is 6.32. The van der Waals surface area contributed by atoms with Crippen LogP contribution in [0.1, 0.15) is 18.4 Å². The lowest BCUT2D eigenvalue weighted by molar-refractivity contribution is -0.384. The average Bonchev–Trinajstić information content (AvgIpc) is 2.79. The van der Waals surface area contributed by atoms with Gasteiger partial charge in [0.15, 0.2) is 0 Å². The van der Waals surface area contributed by atoms with Gasteiger partial charge in [-0.15, -0.1) is 12.4 Å². The van der Waals surface area contributed by atoms with E-state index >= 15 is 0 Å². The van der Waals surface area contributed by atoms with Crippen LogP contribution in [0.4, 0.5) is 5.69 Å². The maximum atomic E-state index is 10.9. The van der Waals surface area contributed by atoms with E-state index < -0.39 is 4.92 Å². The van der Waals surface area contributed by atoms with Crippen LogP contribution in [0.15, 0.2) is 18.2 Å². The van der Waals surface area contributed by atoms with Crippen LogP contribution >= 0.6 is 24.0 Å². The van der Waals surface area contributed by atoms with Crippen molar-refractivity contribution < 1.29 is 4.92 Å². The van der Waals surface area contributed by atoms with Crippen LogP contribution < -0.4 is 5.32 Å². The quantitative estimate of drug-likeness (QED) is 0.669. The van der Waals surface area contributed by atoms with E-state index in [0.717, 1.165) is 25.2 Å². The van der Waals surface area contributed by atoms with Gasteiger partial charge >= 0.3 is 0 Å². The van der Waals surface area contributed by atoms with Gasteiger partial charge in [0.25, 0.3) is 5.69 Å². The molecule has 7 heteroatoms. The van der Waals surface area contributed by atoms with Crippen LogP contribution in [0.25, 0.3) is 0 Å². The van der Waals surface area contributed by atoms with Gasteiger partial charge in [0.05, 0.1) is 4.92 Å². The first-order chi connectivity index (χ1) is 9.11. The zero-order chi connectivity index (χ0) is 13.8. The maximum Gasteiger partial charge on any atom is 0.288 e. The minimum absolute atomic E-state index is 0. The molecule has 0 aromatic heterocycles. The fourth-order valence-electron chi connectivity index (χ4n) is 2.60. The molecule has 1 aliphatic rings. The molecule has 1 N–H and O–H groups in total. The lowest BCUT2D eigenvalue weighted by Gasteiger charge is -2.24. The number of hydrogen-bond donors (Lipinski definition) is 1. The van der Waals surface area contributed by atoms with Gasteiger partial charge in [-0.25, -0.2) is 0 Å². The molecule has 2 rings (SSSR count).